The summed E-state index contributed by atoms with van der Waals surface area (Å²) in [5, 5.41) is 10.4. The molecule has 4 nitrogen and oxygen atoms in total. The zero-order valence-electron chi connectivity index (χ0n) is 3.65. The predicted molar refractivity (Wildman–Crippen MR) is 25.0 cm³/mol. The molecular formula is C3H4N4. The third-order valence-corrected chi connectivity index (χ3v) is 0.570. The molecule has 1 aromatic heterocycles. The molecule has 0 fully saturated rings. The van der Waals surface area contributed by atoms with Crippen LogP contribution >= 0.6 is 0 Å². The molecule has 36 valence electrons. The first kappa shape index (κ1) is 3.98. The summed E-state index contributed by atoms with van der Waals surface area (Å²) in [4.78, 5) is 0. The average Bonchev–Trinajstić information content (AvgIpc) is 2.14. The van der Waals surface area contributed by atoms with Crippen molar-refractivity contribution in [2.24, 2.45) is 5.10 Å². The minimum Gasteiger partial charge on any atom is -0.208 e. The second kappa shape index (κ2) is 1.51. The van der Waals surface area contributed by atoms with Gasteiger partial charge in [-0.3, -0.25) is 0 Å². The normalized spacial score (nSPS) is 8.57. The molecule has 0 atom stereocenters. The van der Waals surface area contributed by atoms with Gasteiger partial charge in [-0.25, -0.2) is 4.68 Å². The van der Waals surface area contributed by atoms with Crippen LogP contribution in [0.4, 0.5) is 0 Å². The fraction of sp³-hybridized carbons (Fsp3) is 0. The first-order valence-electron chi connectivity index (χ1n) is 1.75. The van der Waals surface area contributed by atoms with Crippen LogP contribution in [0.15, 0.2) is 17.8 Å². The summed E-state index contributed by atoms with van der Waals surface area (Å²) >= 11 is 0. The minimum absolute atomic E-state index is 1.42. The van der Waals surface area contributed by atoms with Crippen molar-refractivity contribution >= 4 is 6.72 Å². The lowest BCUT2D eigenvalue weighted by Crippen LogP contribution is -1.76. The second-order valence-corrected chi connectivity index (χ2v) is 0.983. The summed E-state index contributed by atoms with van der Waals surface area (Å²) in [5.74, 6) is 0. The molecule has 0 aliphatic heterocycles. The van der Waals surface area contributed by atoms with Crippen molar-refractivity contribution < 1.29 is 0 Å². The van der Waals surface area contributed by atoms with Gasteiger partial charge in [0, 0.05) is 6.72 Å². The Labute approximate surface area is 40.5 Å². The maximum atomic E-state index is 3.47. The summed E-state index contributed by atoms with van der Waals surface area (Å²) in [6.07, 6.45) is 2.93. The lowest BCUT2D eigenvalue weighted by molar-refractivity contribution is 0.883. The van der Waals surface area contributed by atoms with Gasteiger partial charge in [0.25, 0.3) is 0 Å². The van der Waals surface area contributed by atoms with E-state index in [2.05, 4.69) is 22.0 Å². The van der Waals surface area contributed by atoms with E-state index in [1.807, 2.05) is 0 Å². The number of hydrogen-bond donors (Lipinski definition) is 0. The zero-order valence-corrected chi connectivity index (χ0v) is 3.65. The van der Waals surface area contributed by atoms with Crippen LogP contribution in [0.2, 0.25) is 0 Å². The molecule has 1 rings (SSSR count). The van der Waals surface area contributed by atoms with Gasteiger partial charge >= 0.3 is 0 Å². The third-order valence-electron chi connectivity index (χ3n) is 0.570. The number of hydrogen-bond acceptors (Lipinski definition) is 3. The predicted octanol–water partition coefficient (Wildman–Crippen LogP) is -0.258. The van der Waals surface area contributed by atoms with E-state index in [1.165, 1.54) is 17.3 Å². The molecule has 0 spiro atoms. The first-order chi connectivity index (χ1) is 3.43. The summed E-state index contributed by atoms with van der Waals surface area (Å²) in [5.41, 5.74) is 0. The molecule has 0 aliphatic rings. The van der Waals surface area contributed by atoms with E-state index >= 15 is 0 Å². The Balaban J connectivity index is 2.96. The first-order valence-corrected chi connectivity index (χ1v) is 1.75. The molecule has 0 bridgehead atoms. The highest BCUT2D eigenvalue weighted by molar-refractivity contribution is 5.22. The lowest BCUT2D eigenvalue weighted by Gasteiger charge is -1.78. The smallest absolute Gasteiger partial charge is 0.141 e. The van der Waals surface area contributed by atoms with Gasteiger partial charge in [0.15, 0.2) is 0 Å². The third kappa shape index (κ3) is 0.623. The highest BCUT2D eigenvalue weighted by atomic mass is 15.4. The van der Waals surface area contributed by atoms with Crippen LogP contribution in [0.1, 0.15) is 0 Å². The molecule has 0 radical (unpaired) electrons. The largest absolute Gasteiger partial charge is 0.208 e. The van der Waals surface area contributed by atoms with E-state index in [-0.39, 0.29) is 0 Å². The van der Waals surface area contributed by atoms with Gasteiger partial charge in [0.05, 0.1) is 0 Å². The van der Waals surface area contributed by atoms with Gasteiger partial charge in [0.2, 0.25) is 0 Å². The lowest BCUT2D eigenvalue weighted by atomic mass is 11.2. The van der Waals surface area contributed by atoms with E-state index in [1.54, 1.807) is 0 Å². The van der Waals surface area contributed by atoms with Crippen molar-refractivity contribution in [3.8, 4) is 0 Å². The topological polar surface area (TPSA) is 43.1 Å². The Morgan fingerprint density at radius 1 is 1.43 bits per heavy atom. The van der Waals surface area contributed by atoms with Crippen LogP contribution in [-0.2, 0) is 0 Å². The van der Waals surface area contributed by atoms with Crippen LogP contribution in [0.5, 0.6) is 0 Å². The van der Waals surface area contributed by atoms with Crippen molar-refractivity contribution in [2.75, 3.05) is 0 Å². The van der Waals surface area contributed by atoms with Crippen LogP contribution in [0, 0.1) is 0 Å². The Morgan fingerprint density at radius 2 is 2.00 bits per heavy atom. The molecule has 1 heterocycles. The van der Waals surface area contributed by atoms with Gasteiger partial charge in [-0.15, -0.1) is 10.2 Å². The molecule has 1 aromatic rings. The zero-order chi connectivity index (χ0) is 5.11. The van der Waals surface area contributed by atoms with Crippen LogP contribution in [0.3, 0.4) is 0 Å². The van der Waals surface area contributed by atoms with Crippen LogP contribution in [-0.4, -0.2) is 21.6 Å². The monoisotopic (exact) mass is 96.0 g/mol. The summed E-state index contributed by atoms with van der Waals surface area (Å²) in [6.45, 7) is 3.24. The Hall–Kier alpha value is -1.19. The van der Waals surface area contributed by atoms with E-state index < -0.39 is 0 Å². The van der Waals surface area contributed by atoms with E-state index in [0.717, 1.165) is 0 Å². The Bertz CT molecular complexity index is 142. The average molecular weight is 96.1 g/mol. The fourth-order valence-corrected chi connectivity index (χ4v) is 0.268. The molecule has 0 aliphatic carbocycles. The molecule has 7 heavy (non-hydrogen) atoms. The van der Waals surface area contributed by atoms with Crippen LogP contribution < -0.4 is 0 Å². The molecule has 0 saturated heterocycles. The highest BCUT2D eigenvalue weighted by Gasteiger charge is 1.75. The molecule has 0 unspecified atom stereocenters. The molecular weight excluding hydrogens is 92.1 g/mol. The Kier molecular flexibility index (Phi) is 0.856. The maximum Gasteiger partial charge on any atom is 0.141 e. The summed E-state index contributed by atoms with van der Waals surface area (Å²) < 4.78 is 1.42. The number of rotatable bonds is 1. The fourth-order valence-electron chi connectivity index (χ4n) is 0.268. The summed E-state index contributed by atoms with van der Waals surface area (Å²) in [6, 6.07) is 0. The van der Waals surface area contributed by atoms with E-state index in [0.29, 0.717) is 0 Å². The van der Waals surface area contributed by atoms with Crippen molar-refractivity contribution in [1.82, 2.24) is 14.9 Å². The molecule has 0 aromatic carbocycles. The van der Waals surface area contributed by atoms with Crippen molar-refractivity contribution in [2.45, 2.75) is 0 Å². The highest BCUT2D eigenvalue weighted by Crippen LogP contribution is 1.74. The van der Waals surface area contributed by atoms with Gasteiger partial charge in [0.1, 0.15) is 12.7 Å². The summed E-state index contributed by atoms with van der Waals surface area (Å²) in [7, 11) is 0. The van der Waals surface area contributed by atoms with Gasteiger partial charge in [-0.1, -0.05) is 0 Å². The van der Waals surface area contributed by atoms with Crippen molar-refractivity contribution in [3.05, 3.63) is 12.7 Å². The van der Waals surface area contributed by atoms with E-state index in [4.69, 9.17) is 0 Å². The van der Waals surface area contributed by atoms with Gasteiger partial charge < -0.3 is 0 Å². The minimum atomic E-state index is 1.42. The van der Waals surface area contributed by atoms with Crippen LogP contribution in [0.25, 0.3) is 0 Å². The van der Waals surface area contributed by atoms with Gasteiger partial charge in [-0.05, 0) is 0 Å². The van der Waals surface area contributed by atoms with E-state index in [9.17, 15) is 0 Å². The van der Waals surface area contributed by atoms with Gasteiger partial charge in [-0.2, -0.15) is 5.10 Å². The Morgan fingerprint density at radius 3 is 2.29 bits per heavy atom. The SMILES string of the molecule is C=Nn1cnnc1. The molecule has 4 heteroatoms. The molecule has 0 saturated carbocycles. The number of nitrogens with zero attached hydrogens (tertiary/aromatic N) is 4. The second-order valence-electron chi connectivity index (χ2n) is 0.983. The molecule has 0 N–H and O–H groups in total. The van der Waals surface area contributed by atoms with Crippen molar-refractivity contribution in [3.63, 3.8) is 0 Å². The maximum absolute atomic E-state index is 3.47. The number of aromatic nitrogens is 3. The quantitative estimate of drug-likeness (QED) is 0.452. The van der Waals surface area contributed by atoms with Crippen molar-refractivity contribution in [1.29, 1.82) is 0 Å². The molecule has 0 amide bonds. The standard InChI is InChI=1S/C3H4N4/c1-4-7-2-5-6-3-7/h2-3H,1H2.